The first-order chi connectivity index (χ1) is 9.88. The number of hydrogen-bond donors (Lipinski definition) is 3. The van der Waals surface area contributed by atoms with E-state index >= 15 is 0 Å². The van der Waals surface area contributed by atoms with Crippen LogP contribution in [0.25, 0.3) is 0 Å². The zero-order valence-electron chi connectivity index (χ0n) is 10.4. The number of anilines is 1. The van der Waals surface area contributed by atoms with E-state index in [1.54, 1.807) is 6.07 Å². The standard InChI is InChI=1S/C14H9ClINO4/c15-11-3-2-8(18)6-9(11)13(19)17-12-4-1-7(16)5-10(12)14(20)21/h1-6,18H,(H,17,19)(H,20,21). The summed E-state index contributed by atoms with van der Waals surface area (Å²) in [5, 5.41) is 21.2. The van der Waals surface area contributed by atoms with E-state index in [1.165, 1.54) is 30.3 Å². The summed E-state index contributed by atoms with van der Waals surface area (Å²) in [4.78, 5) is 23.3. The van der Waals surface area contributed by atoms with Gasteiger partial charge in [0.05, 0.1) is 21.8 Å². The fourth-order valence-corrected chi connectivity index (χ4v) is 2.37. The molecule has 0 spiro atoms. The average Bonchev–Trinajstić information content (AvgIpc) is 2.43. The van der Waals surface area contributed by atoms with E-state index in [2.05, 4.69) is 5.32 Å². The molecule has 21 heavy (non-hydrogen) atoms. The number of rotatable bonds is 3. The minimum Gasteiger partial charge on any atom is -0.508 e. The van der Waals surface area contributed by atoms with Gasteiger partial charge >= 0.3 is 5.97 Å². The van der Waals surface area contributed by atoms with Crippen LogP contribution in [0.5, 0.6) is 5.75 Å². The lowest BCUT2D eigenvalue weighted by Crippen LogP contribution is -2.15. The number of hydrogen-bond acceptors (Lipinski definition) is 3. The minimum absolute atomic E-state index is 0.0217. The minimum atomic E-state index is -1.15. The van der Waals surface area contributed by atoms with Crippen LogP contribution in [-0.2, 0) is 0 Å². The van der Waals surface area contributed by atoms with Crippen molar-refractivity contribution in [1.29, 1.82) is 0 Å². The number of carbonyl (C=O) groups excluding carboxylic acids is 1. The van der Waals surface area contributed by atoms with Gasteiger partial charge in [0.25, 0.3) is 5.91 Å². The van der Waals surface area contributed by atoms with Crippen molar-refractivity contribution in [3.63, 3.8) is 0 Å². The summed E-state index contributed by atoms with van der Waals surface area (Å²) in [6.45, 7) is 0. The van der Waals surface area contributed by atoms with Crippen LogP contribution in [0.4, 0.5) is 5.69 Å². The molecular formula is C14H9ClINO4. The van der Waals surface area contributed by atoms with Gasteiger partial charge in [0.2, 0.25) is 0 Å². The summed E-state index contributed by atoms with van der Waals surface area (Å²) in [5.74, 6) is -1.85. The van der Waals surface area contributed by atoms with Gasteiger partial charge in [0.1, 0.15) is 5.75 Å². The molecule has 108 valence electrons. The smallest absolute Gasteiger partial charge is 0.337 e. The number of amides is 1. The summed E-state index contributed by atoms with van der Waals surface area (Å²) in [7, 11) is 0. The molecule has 1 amide bonds. The van der Waals surface area contributed by atoms with Crippen LogP contribution in [-0.4, -0.2) is 22.1 Å². The maximum absolute atomic E-state index is 12.1. The number of carboxylic acids is 1. The molecule has 0 radical (unpaired) electrons. The number of phenolic OH excluding ortho intramolecular Hbond substituents is 1. The fourth-order valence-electron chi connectivity index (χ4n) is 1.68. The SMILES string of the molecule is O=C(Nc1ccc(I)cc1C(=O)O)c1cc(O)ccc1Cl. The first kappa shape index (κ1) is 15.6. The molecule has 3 N–H and O–H groups in total. The zero-order valence-corrected chi connectivity index (χ0v) is 13.3. The Morgan fingerprint density at radius 2 is 1.81 bits per heavy atom. The molecule has 0 saturated heterocycles. The summed E-state index contributed by atoms with van der Waals surface area (Å²) in [5.41, 5.74) is 0.199. The van der Waals surface area contributed by atoms with Crippen molar-refractivity contribution in [2.45, 2.75) is 0 Å². The molecule has 2 rings (SSSR count). The van der Waals surface area contributed by atoms with Gasteiger partial charge in [-0.25, -0.2) is 4.79 Å². The monoisotopic (exact) mass is 417 g/mol. The number of carbonyl (C=O) groups is 2. The normalized spacial score (nSPS) is 10.2. The van der Waals surface area contributed by atoms with Gasteiger partial charge in [-0.05, 0) is 59.0 Å². The van der Waals surface area contributed by atoms with Crippen molar-refractivity contribution in [2.75, 3.05) is 5.32 Å². The van der Waals surface area contributed by atoms with Crippen molar-refractivity contribution in [3.05, 3.63) is 56.1 Å². The van der Waals surface area contributed by atoms with E-state index in [1.807, 2.05) is 22.6 Å². The van der Waals surface area contributed by atoms with E-state index in [-0.39, 0.29) is 27.6 Å². The number of aromatic hydroxyl groups is 1. The lowest BCUT2D eigenvalue weighted by atomic mass is 10.1. The zero-order chi connectivity index (χ0) is 15.6. The summed E-state index contributed by atoms with van der Waals surface area (Å²) in [6.07, 6.45) is 0. The van der Waals surface area contributed by atoms with Gasteiger partial charge in [0.15, 0.2) is 0 Å². The quantitative estimate of drug-likeness (QED) is 0.666. The van der Waals surface area contributed by atoms with Crippen molar-refractivity contribution in [2.24, 2.45) is 0 Å². The Morgan fingerprint density at radius 3 is 2.48 bits per heavy atom. The van der Waals surface area contributed by atoms with E-state index in [9.17, 15) is 14.7 Å². The lowest BCUT2D eigenvalue weighted by Gasteiger charge is -2.10. The second kappa shape index (κ2) is 6.31. The number of nitrogens with one attached hydrogen (secondary N) is 1. The second-order valence-corrected chi connectivity index (χ2v) is 5.77. The summed E-state index contributed by atoms with van der Waals surface area (Å²) >= 11 is 7.88. The topological polar surface area (TPSA) is 86.6 Å². The average molecular weight is 418 g/mol. The Balaban J connectivity index is 2.36. The molecule has 0 aliphatic heterocycles. The van der Waals surface area contributed by atoms with Crippen molar-refractivity contribution < 1.29 is 19.8 Å². The second-order valence-electron chi connectivity index (χ2n) is 4.11. The van der Waals surface area contributed by atoms with E-state index in [0.717, 1.165) is 3.57 Å². The van der Waals surface area contributed by atoms with E-state index in [4.69, 9.17) is 16.7 Å². The van der Waals surface area contributed by atoms with Crippen LogP contribution in [0.1, 0.15) is 20.7 Å². The molecule has 7 heteroatoms. The maximum atomic E-state index is 12.1. The molecule has 0 bridgehead atoms. The Morgan fingerprint density at radius 1 is 1.10 bits per heavy atom. The number of carboxylic acid groups (broad SMARTS) is 1. The van der Waals surface area contributed by atoms with Gasteiger partial charge in [-0.1, -0.05) is 11.6 Å². The molecule has 0 saturated carbocycles. The molecule has 0 unspecified atom stereocenters. The Labute approximate surface area is 138 Å². The highest BCUT2D eigenvalue weighted by atomic mass is 127. The van der Waals surface area contributed by atoms with Gasteiger partial charge in [-0.3, -0.25) is 4.79 Å². The number of halogens is 2. The van der Waals surface area contributed by atoms with Crippen molar-refractivity contribution in [3.8, 4) is 5.75 Å². The van der Waals surface area contributed by atoms with Gasteiger partial charge < -0.3 is 15.5 Å². The highest BCUT2D eigenvalue weighted by Crippen LogP contribution is 2.24. The van der Waals surface area contributed by atoms with Gasteiger partial charge in [0, 0.05) is 3.57 Å². The van der Waals surface area contributed by atoms with Gasteiger partial charge in [-0.15, -0.1) is 0 Å². The number of benzene rings is 2. The molecule has 0 fully saturated rings. The molecule has 0 aliphatic carbocycles. The van der Waals surface area contributed by atoms with Crippen LogP contribution < -0.4 is 5.32 Å². The summed E-state index contributed by atoms with van der Waals surface area (Å²) in [6, 6.07) is 8.57. The summed E-state index contributed by atoms with van der Waals surface area (Å²) < 4.78 is 0.735. The predicted molar refractivity (Wildman–Crippen MR) is 87.2 cm³/mol. The van der Waals surface area contributed by atoms with Crippen LogP contribution >= 0.6 is 34.2 Å². The highest BCUT2D eigenvalue weighted by Gasteiger charge is 2.16. The lowest BCUT2D eigenvalue weighted by molar-refractivity contribution is 0.0698. The van der Waals surface area contributed by atoms with Crippen molar-refractivity contribution >= 4 is 51.8 Å². The highest BCUT2D eigenvalue weighted by molar-refractivity contribution is 14.1. The molecular weight excluding hydrogens is 409 g/mol. The third kappa shape index (κ3) is 3.64. The Hall–Kier alpha value is -1.80. The maximum Gasteiger partial charge on any atom is 0.337 e. The van der Waals surface area contributed by atoms with Crippen LogP contribution in [0, 0.1) is 3.57 Å². The molecule has 0 aromatic heterocycles. The molecule has 0 heterocycles. The predicted octanol–water partition coefficient (Wildman–Crippen LogP) is 3.60. The van der Waals surface area contributed by atoms with Crippen LogP contribution in [0.15, 0.2) is 36.4 Å². The van der Waals surface area contributed by atoms with Crippen LogP contribution in [0.2, 0.25) is 5.02 Å². The Kier molecular flexibility index (Phi) is 4.69. The fraction of sp³-hybridized carbons (Fsp3) is 0. The Bertz CT molecular complexity index is 733. The molecule has 5 nitrogen and oxygen atoms in total. The molecule has 2 aromatic carbocycles. The number of aromatic carboxylic acids is 1. The number of phenols is 1. The van der Waals surface area contributed by atoms with E-state index in [0.29, 0.717) is 0 Å². The van der Waals surface area contributed by atoms with Crippen LogP contribution in [0.3, 0.4) is 0 Å². The molecule has 2 aromatic rings. The third-order valence-electron chi connectivity index (χ3n) is 2.65. The van der Waals surface area contributed by atoms with Crippen molar-refractivity contribution in [1.82, 2.24) is 0 Å². The van der Waals surface area contributed by atoms with E-state index < -0.39 is 11.9 Å². The molecule has 0 atom stereocenters. The largest absolute Gasteiger partial charge is 0.508 e. The third-order valence-corrected chi connectivity index (χ3v) is 3.66. The van der Waals surface area contributed by atoms with Gasteiger partial charge in [-0.2, -0.15) is 0 Å². The molecule has 0 aliphatic rings. The first-order valence-corrected chi connectivity index (χ1v) is 7.17. The first-order valence-electron chi connectivity index (χ1n) is 5.71.